The molecule has 0 radical (unpaired) electrons. The minimum Gasteiger partial charge on any atom is -0.333 e. The number of hydrogen-bond donors (Lipinski definition) is 1. The van der Waals surface area contributed by atoms with E-state index in [2.05, 4.69) is 40.4 Å². The summed E-state index contributed by atoms with van der Waals surface area (Å²) >= 11 is 0. The molecule has 4 heteroatoms. The maximum absolute atomic E-state index is 4.50. The fourth-order valence-electron chi connectivity index (χ4n) is 0. The summed E-state index contributed by atoms with van der Waals surface area (Å²) in [7, 11) is 9.16. The highest BCUT2D eigenvalue weighted by Crippen LogP contribution is 2.03. The molecule has 0 aliphatic rings. The van der Waals surface area contributed by atoms with Gasteiger partial charge in [-0.15, -0.1) is 27.7 Å². The molecule has 0 saturated heterocycles. The summed E-state index contributed by atoms with van der Waals surface area (Å²) in [6, 6.07) is 0. The van der Waals surface area contributed by atoms with Gasteiger partial charge in [0, 0.05) is 0 Å². The van der Waals surface area contributed by atoms with Gasteiger partial charge in [-0.1, -0.05) is 27.4 Å². The Morgan fingerprint density at radius 1 is 1.00 bits per heavy atom. The van der Waals surface area contributed by atoms with Crippen LogP contribution in [0.1, 0.15) is 20.8 Å². The molecule has 0 heterocycles. The van der Waals surface area contributed by atoms with Gasteiger partial charge in [-0.2, -0.15) is 0 Å². The second-order valence-corrected chi connectivity index (χ2v) is 3.73. The van der Waals surface area contributed by atoms with Crippen LogP contribution in [0.2, 0.25) is 0 Å². The Kier molecular flexibility index (Phi) is 109. The molecule has 0 aliphatic carbocycles. The molecule has 0 aromatic rings. The molecule has 68 valence electrons. The van der Waals surface area contributed by atoms with Crippen molar-refractivity contribution in [3.8, 4) is 0 Å². The maximum atomic E-state index is 4.50. The Balaban J connectivity index is -0.0000000262. The van der Waals surface area contributed by atoms with Crippen molar-refractivity contribution in [1.82, 2.24) is 0 Å². The van der Waals surface area contributed by atoms with Gasteiger partial charge in [-0.3, -0.25) is 0 Å². The molecule has 0 bridgehead atoms. The predicted molar refractivity (Wildman–Crippen MR) is 66.0 cm³/mol. The maximum Gasteiger partial charge on any atom is -0.0146 e. The van der Waals surface area contributed by atoms with Crippen LogP contribution in [0.3, 0.4) is 0 Å². The first-order chi connectivity index (χ1) is 4.73. The zero-order chi connectivity index (χ0) is 9.58. The van der Waals surface area contributed by atoms with E-state index in [1.165, 1.54) is 7.05 Å². The lowest BCUT2D eigenvalue weighted by atomic mass is 11.0. The molecular formula is C6H24NP3. The van der Waals surface area contributed by atoms with E-state index in [0.717, 1.165) is 0 Å². The van der Waals surface area contributed by atoms with Crippen LogP contribution in [0.5, 0.6) is 0 Å². The zero-order valence-electron chi connectivity index (χ0n) is 7.89. The second kappa shape index (κ2) is 48.6. The van der Waals surface area contributed by atoms with Gasteiger partial charge in [-0.25, -0.2) is 0 Å². The minimum absolute atomic E-state index is 0.667. The number of rotatable bonds is 0. The largest absolute Gasteiger partial charge is 0.333 e. The third-order valence-electron chi connectivity index (χ3n) is 0. The lowest BCUT2D eigenvalue weighted by Crippen LogP contribution is -1.69. The summed E-state index contributed by atoms with van der Waals surface area (Å²) in [5, 5.41) is 0.667. The molecule has 0 saturated carbocycles. The molecule has 3 unspecified atom stereocenters. The van der Waals surface area contributed by atoms with Crippen LogP contribution < -0.4 is 5.73 Å². The average Bonchev–Trinajstić information content (AvgIpc) is 1.98. The Bertz CT molecular complexity index is 17.7. The molecule has 0 fully saturated rings. The molecule has 0 aromatic heterocycles. The van der Waals surface area contributed by atoms with Crippen LogP contribution >= 0.6 is 27.7 Å². The molecule has 1 nitrogen and oxygen atoms in total. The van der Waals surface area contributed by atoms with Crippen LogP contribution in [0.15, 0.2) is 0 Å². The quantitative estimate of drug-likeness (QED) is 0.600. The molecule has 0 amide bonds. The number of nitrogens with two attached hydrogens (primary N) is 1. The standard InChI is InChI=1S/C2H8P2.C2H6.CH5N.CH5P/c1-2(3)4;3*1-2/h2H,3-4H2,1H3;1-2H3;2*2H2,1H3. The van der Waals surface area contributed by atoms with E-state index in [0.29, 0.717) is 5.40 Å². The highest BCUT2D eigenvalue weighted by molar-refractivity contribution is 7.37. The van der Waals surface area contributed by atoms with Gasteiger partial charge in [0.15, 0.2) is 0 Å². The fraction of sp³-hybridized carbons (Fsp3) is 1.00. The molecule has 0 aromatic carbocycles. The van der Waals surface area contributed by atoms with E-state index in [4.69, 9.17) is 0 Å². The van der Waals surface area contributed by atoms with Crippen molar-refractivity contribution in [1.29, 1.82) is 0 Å². The summed E-state index contributed by atoms with van der Waals surface area (Å²) in [4.78, 5) is 0. The van der Waals surface area contributed by atoms with Crippen LogP contribution in [-0.4, -0.2) is 19.1 Å². The Hall–Kier alpha value is 1.25. The molecular weight excluding hydrogens is 179 g/mol. The Morgan fingerprint density at radius 2 is 1.00 bits per heavy atom. The fourth-order valence-corrected chi connectivity index (χ4v) is 0. The van der Waals surface area contributed by atoms with Crippen molar-refractivity contribution in [3.63, 3.8) is 0 Å². The van der Waals surface area contributed by atoms with Crippen LogP contribution in [0.4, 0.5) is 0 Å². The lowest BCUT2D eigenvalue weighted by Gasteiger charge is -1.79. The first-order valence-electron chi connectivity index (χ1n) is 3.40. The average molecular weight is 203 g/mol. The van der Waals surface area contributed by atoms with Crippen molar-refractivity contribution in [3.05, 3.63) is 0 Å². The third-order valence-corrected chi connectivity index (χ3v) is 0. The monoisotopic (exact) mass is 203 g/mol. The molecule has 0 spiro atoms. The highest BCUT2D eigenvalue weighted by atomic mass is 31.1. The summed E-state index contributed by atoms with van der Waals surface area (Å²) in [5.74, 6) is 0. The van der Waals surface area contributed by atoms with Gasteiger partial charge in [0.1, 0.15) is 0 Å². The third kappa shape index (κ3) is 403. The van der Waals surface area contributed by atoms with E-state index in [1.54, 1.807) is 0 Å². The Labute approximate surface area is 73.9 Å². The molecule has 0 rings (SSSR count). The van der Waals surface area contributed by atoms with E-state index >= 15 is 0 Å². The van der Waals surface area contributed by atoms with Crippen LogP contribution in [0.25, 0.3) is 0 Å². The molecule has 0 aliphatic heterocycles. The molecule has 3 atom stereocenters. The topological polar surface area (TPSA) is 26.0 Å². The van der Waals surface area contributed by atoms with Crippen molar-refractivity contribution >= 4 is 27.7 Å². The highest BCUT2D eigenvalue weighted by Gasteiger charge is 1.67. The van der Waals surface area contributed by atoms with E-state index in [-0.39, 0.29) is 0 Å². The van der Waals surface area contributed by atoms with Crippen LogP contribution in [0, 0.1) is 0 Å². The molecule has 2 N–H and O–H groups in total. The smallest absolute Gasteiger partial charge is 0.0146 e. The van der Waals surface area contributed by atoms with Crippen molar-refractivity contribution in [2.45, 2.75) is 26.2 Å². The van der Waals surface area contributed by atoms with Gasteiger partial charge in [0.05, 0.1) is 0 Å². The molecule has 10 heavy (non-hydrogen) atoms. The predicted octanol–water partition coefficient (Wildman–Crippen LogP) is 2.18. The summed E-state index contributed by atoms with van der Waals surface area (Å²) in [6.45, 7) is 8.01. The summed E-state index contributed by atoms with van der Waals surface area (Å²) in [6.07, 6.45) is 0. The van der Waals surface area contributed by atoms with Crippen molar-refractivity contribution in [2.24, 2.45) is 5.73 Å². The Morgan fingerprint density at radius 3 is 1.00 bits per heavy atom. The van der Waals surface area contributed by atoms with Crippen LogP contribution in [-0.2, 0) is 0 Å². The van der Waals surface area contributed by atoms with E-state index < -0.39 is 0 Å². The van der Waals surface area contributed by atoms with Crippen molar-refractivity contribution < 1.29 is 0 Å². The zero-order valence-corrected chi connectivity index (χ0v) is 11.4. The first kappa shape index (κ1) is 22.5. The van der Waals surface area contributed by atoms with Gasteiger partial charge in [0.25, 0.3) is 0 Å². The minimum atomic E-state index is 0.667. The van der Waals surface area contributed by atoms with E-state index in [9.17, 15) is 0 Å². The first-order valence-corrected chi connectivity index (χ1v) is 5.89. The van der Waals surface area contributed by atoms with Gasteiger partial charge in [-0.05, 0) is 12.4 Å². The normalized spacial score (nSPS) is 5.40. The number of hydrogen-bond acceptors (Lipinski definition) is 1. The van der Waals surface area contributed by atoms with Crippen molar-refractivity contribution in [2.75, 3.05) is 13.7 Å². The van der Waals surface area contributed by atoms with Gasteiger partial charge in [0.2, 0.25) is 0 Å². The SMILES string of the molecule is CC.CC(P)P.CN.CP. The van der Waals surface area contributed by atoms with Gasteiger partial charge < -0.3 is 5.73 Å². The van der Waals surface area contributed by atoms with E-state index in [1.807, 2.05) is 20.5 Å². The lowest BCUT2D eigenvalue weighted by molar-refractivity contribution is 1.43. The summed E-state index contributed by atoms with van der Waals surface area (Å²) < 4.78 is 0. The second-order valence-electron chi connectivity index (χ2n) is 0.859. The van der Waals surface area contributed by atoms with Gasteiger partial charge >= 0.3 is 0 Å². The summed E-state index contributed by atoms with van der Waals surface area (Å²) in [5.41, 5.74) is 4.50.